The maximum absolute atomic E-state index is 9.60. The van der Waals surface area contributed by atoms with Crippen LogP contribution in [0.5, 0.6) is 0 Å². The molecule has 0 heterocycles. The molecule has 5 heteroatoms. The van der Waals surface area contributed by atoms with Crippen molar-refractivity contribution in [2.75, 3.05) is 19.7 Å². The Labute approximate surface area is 151 Å². The van der Waals surface area contributed by atoms with E-state index in [0.717, 1.165) is 51.2 Å². The maximum Gasteiger partial charge on any atom is 0.191 e. The molecule has 5 nitrogen and oxygen atoms in total. The standard InChI is InChI=1S/C20H33N3O2/c1-3-21-20(23-18-10-12-19(24)13-11-18)22-14-7-15-25-16(2)17-8-5-4-6-9-17/h4-6,8-9,16,18-19,24H,3,7,10-15H2,1-2H3,(H2,21,22,23). The minimum Gasteiger partial charge on any atom is -0.393 e. The van der Waals surface area contributed by atoms with Crippen LogP contribution in [0.2, 0.25) is 0 Å². The SMILES string of the molecule is CCNC(=NCCCOC(C)c1ccccc1)NC1CCC(O)CC1. The van der Waals surface area contributed by atoms with Gasteiger partial charge in [0.15, 0.2) is 5.96 Å². The summed E-state index contributed by atoms with van der Waals surface area (Å²) in [6.45, 7) is 6.46. The lowest BCUT2D eigenvalue weighted by atomic mass is 9.93. The summed E-state index contributed by atoms with van der Waals surface area (Å²) >= 11 is 0. The fourth-order valence-electron chi connectivity index (χ4n) is 3.07. The number of aliphatic imine (C=N–C) groups is 1. The van der Waals surface area contributed by atoms with E-state index in [1.807, 2.05) is 18.2 Å². The molecule has 1 aliphatic carbocycles. The number of ether oxygens (including phenoxy) is 1. The maximum atomic E-state index is 9.60. The molecule has 0 aromatic heterocycles. The van der Waals surface area contributed by atoms with E-state index in [2.05, 4.69) is 41.6 Å². The Balaban J connectivity index is 1.68. The first-order valence-corrected chi connectivity index (χ1v) is 9.58. The van der Waals surface area contributed by atoms with Gasteiger partial charge in [-0.2, -0.15) is 0 Å². The van der Waals surface area contributed by atoms with Crippen LogP contribution in [-0.4, -0.2) is 42.9 Å². The van der Waals surface area contributed by atoms with E-state index in [4.69, 9.17) is 4.74 Å². The van der Waals surface area contributed by atoms with Crippen molar-refractivity contribution >= 4 is 5.96 Å². The van der Waals surface area contributed by atoms with E-state index in [9.17, 15) is 5.11 Å². The minimum atomic E-state index is -0.124. The number of nitrogens with zero attached hydrogens (tertiary/aromatic N) is 1. The zero-order chi connectivity index (χ0) is 17.9. The van der Waals surface area contributed by atoms with Gasteiger partial charge in [-0.3, -0.25) is 4.99 Å². The summed E-state index contributed by atoms with van der Waals surface area (Å²) in [7, 11) is 0. The van der Waals surface area contributed by atoms with Gasteiger partial charge in [0.2, 0.25) is 0 Å². The van der Waals surface area contributed by atoms with Crippen LogP contribution in [0.3, 0.4) is 0 Å². The van der Waals surface area contributed by atoms with Crippen LogP contribution in [0.4, 0.5) is 0 Å². The summed E-state index contributed by atoms with van der Waals surface area (Å²) in [4.78, 5) is 4.65. The molecule has 3 N–H and O–H groups in total. The Hall–Kier alpha value is -1.59. The lowest BCUT2D eigenvalue weighted by Crippen LogP contribution is -2.45. The van der Waals surface area contributed by atoms with Crippen molar-refractivity contribution in [2.45, 2.75) is 64.2 Å². The molecule has 140 valence electrons. The molecular weight excluding hydrogens is 314 g/mol. The highest BCUT2D eigenvalue weighted by Crippen LogP contribution is 2.18. The first kappa shape index (κ1) is 19.7. The van der Waals surface area contributed by atoms with Crippen LogP contribution in [0.15, 0.2) is 35.3 Å². The van der Waals surface area contributed by atoms with E-state index < -0.39 is 0 Å². The number of nitrogens with one attached hydrogen (secondary N) is 2. The van der Waals surface area contributed by atoms with Crippen molar-refractivity contribution in [3.05, 3.63) is 35.9 Å². The lowest BCUT2D eigenvalue weighted by Gasteiger charge is -2.27. The summed E-state index contributed by atoms with van der Waals surface area (Å²) < 4.78 is 5.89. The molecular formula is C20H33N3O2. The third-order valence-corrected chi connectivity index (χ3v) is 4.59. The molecule has 0 spiro atoms. The van der Waals surface area contributed by atoms with Crippen molar-refractivity contribution in [1.82, 2.24) is 10.6 Å². The van der Waals surface area contributed by atoms with Gasteiger partial charge in [0.05, 0.1) is 12.2 Å². The number of aliphatic hydroxyl groups is 1. The topological polar surface area (TPSA) is 65.9 Å². The van der Waals surface area contributed by atoms with Gasteiger partial charge in [0.25, 0.3) is 0 Å². The number of rotatable bonds is 8. The summed E-state index contributed by atoms with van der Waals surface area (Å²) in [5, 5.41) is 16.4. The average molecular weight is 348 g/mol. The van der Waals surface area contributed by atoms with Crippen molar-refractivity contribution in [1.29, 1.82) is 0 Å². The quantitative estimate of drug-likeness (QED) is 0.384. The molecule has 0 saturated heterocycles. The predicted molar refractivity (Wildman–Crippen MR) is 103 cm³/mol. The van der Waals surface area contributed by atoms with E-state index in [1.165, 1.54) is 5.56 Å². The van der Waals surface area contributed by atoms with E-state index in [-0.39, 0.29) is 12.2 Å². The highest BCUT2D eigenvalue weighted by molar-refractivity contribution is 5.80. The van der Waals surface area contributed by atoms with Crippen molar-refractivity contribution < 1.29 is 9.84 Å². The zero-order valence-corrected chi connectivity index (χ0v) is 15.6. The van der Waals surface area contributed by atoms with Crippen molar-refractivity contribution in [2.24, 2.45) is 4.99 Å². The summed E-state index contributed by atoms with van der Waals surface area (Å²) in [5.74, 6) is 0.875. The molecule has 1 saturated carbocycles. The van der Waals surface area contributed by atoms with Crippen LogP contribution in [0.25, 0.3) is 0 Å². The molecule has 1 atom stereocenters. The summed E-state index contributed by atoms with van der Waals surface area (Å²) in [5.41, 5.74) is 1.21. The minimum absolute atomic E-state index is 0.116. The smallest absolute Gasteiger partial charge is 0.191 e. The van der Waals surface area contributed by atoms with Gasteiger partial charge < -0.3 is 20.5 Å². The molecule has 1 unspecified atom stereocenters. The summed E-state index contributed by atoms with van der Waals surface area (Å²) in [6.07, 6.45) is 4.65. The van der Waals surface area contributed by atoms with Gasteiger partial charge in [-0.25, -0.2) is 0 Å². The Morgan fingerprint density at radius 3 is 2.64 bits per heavy atom. The van der Waals surface area contributed by atoms with Crippen molar-refractivity contribution in [3.63, 3.8) is 0 Å². The first-order valence-electron chi connectivity index (χ1n) is 9.58. The molecule has 0 bridgehead atoms. The molecule has 25 heavy (non-hydrogen) atoms. The van der Waals surface area contributed by atoms with Crippen molar-refractivity contribution in [3.8, 4) is 0 Å². The Kier molecular flexibility index (Phi) is 8.77. The monoisotopic (exact) mass is 347 g/mol. The van der Waals surface area contributed by atoms with Gasteiger partial charge in [-0.1, -0.05) is 30.3 Å². The van der Waals surface area contributed by atoms with Gasteiger partial charge >= 0.3 is 0 Å². The summed E-state index contributed by atoms with van der Waals surface area (Å²) in [6, 6.07) is 10.7. The van der Waals surface area contributed by atoms with Gasteiger partial charge in [-0.15, -0.1) is 0 Å². The van der Waals surface area contributed by atoms with Gasteiger partial charge in [-0.05, 0) is 51.5 Å². The van der Waals surface area contributed by atoms with Gasteiger partial charge in [0.1, 0.15) is 0 Å². The van der Waals surface area contributed by atoms with Crippen LogP contribution in [-0.2, 0) is 4.74 Å². The number of guanidine groups is 1. The number of aliphatic hydroxyl groups excluding tert-OH is 1. The predicted octanol–water partition coefficient (Wildman–Crippen LogP) is 3.01. The number of hydrogen-bond donors (Lipinski definition) is 3. The zero-order valence-electron chi connectivity index (χ0n) is 15.6. The third kappa shape index (κ3) is 7.45. The van der Waals surface area contributed by atoms with E-state index in [0.29, 0.717) is 12.6 Å². The number of hydrogen-bond acceptors (Lipinski definition) is 3. The first-order chi connectivity index (χ1) is 12.2. The molecule has 0 radical (unpaired) electrons. The molecule has 2 rings (SSSR count). The van der Waals surface area contributed by atoms with Crippen LogP contribution in [0.1, 0.15) is 57.6 Å². The largest absolute Gasteiger partial charge is 0.393 e. The van der Waals surface area contributed by atoms with E-state index >= 15 is 0 Å². The fourth-order valence-corrected chi connectivity index (χ4v) is 3.07. The Morgan fingerprint density at radius 1 is 1.24 bits per heavy atom. The molecule has 1 aliphatic rings. The second kappa shape index (κ2) is 11.1. The molecule has 1 aromatic carbocycles. The van der Waals surface area contributed by atoms with Gasteiger partial charge in [0, 0.05) is 25.7 Å². The lowest BCUT2D eigenvalue weighted by molar-refractivity contribution is 0.0652. The molecule has 0 amide bonds. The second-order valence-corrected chi connectivity index (χ2v) is 6.69. The average Bonchev–Trinajstić information content (AvgIpc) is 2.64. The molecule has 1 aromatic rings. The van der Waals surface area contributed by atoms with Crippen LogP contribution >= 0.6 is 0 Å². The molecule has 0 aliphatic heterocycles. The fraction of sp³-hybridized carbons (Fsp3) is 0.650. The number of benzene rings is 1. The highest BCUT2D eigenvalue weighted by Gasteiger charge is 2.19. The van der Waals surface area contributed by atoms with Crippen LogP contribution in [0, 0.1) is 0 Å². The Bertz CT molecular complexity index is 499. The molecule has 1 fully saturated rings. The van der Waals surface area contributed by atoms with E-state index in [1.54, 1.807) is 0 Å². The third-order valence-electron chi connectivity index (χ3n) is 4.59. The van der Waals surface area contributed by atoms with Crippen LogP contribution < -0.4 is 10.6 Å². The highest BCUT2D eigenvalue weighted by atomic mass is 16.5. The second-order valence-electron chi connectivity index (χ2n) is 6.69. The normalized spacial score (nSPS) is 22.4. The Morgan fingerprint density at radius 2 is 1.96 bits per heavy atom.